The first kappa shape index (κ1) is 23.9. The van der Waals surface area contributed by atoms with Crippen LogP contribution >= 0.6 is 11.8 Å². The maximum Gasteiger partial charge on any atom is 0.338 e. The van der Waals surface area contributed by atoms with E-state index in [-0.39, 0.29) is 24.5 Å². The number of rotatable bonds is 8. The minimum absolute atomic E-state index is 0.0569. The van der Waals surface area contributed by atoms with E-state index in [0.717, 1.165) is 28.6 Å². The molecule has 0 spiro atoms. The Morgan fingerprint density at radius 3 is 2.50 bits per heavy atom. The van der Waals surface area contributed by atoms with E-state index < -0.39 is 12.0 Å². The van der Waals surface area contributed by atoms with Gasteiger partial charge in [-0.05, 0) is 57.2 Å². The fourth-order valence-electron chi connectivity index (χ4n) is 3.60. The van der Waals surface area contributed by atoms with Crippen LogP contribution in [0.1, 0.15) is 59.1 Å². The Hall–Kier alpha value is -2.74. The van der Waals surface area contributed by atoms with Gasteiger partial charge >= 0.3 is 5.97 Å². The van der Waals surface area contributed by atoms with E-state index in [4.69, 9.17) is 9.47 Å². The molecule has 2 heterocycles. The summed E-state index contributed by atoms with van der Waals surface area (Å²) in [6.07, 6.45) is 0.806. The van der Waals surface area contributed by atoms with Gasteiger partial charge in [-0.1, -0.05) is 30.8 Å². The van der Waals surface area contributed by atoms with E-state index in [1.165, 1.54) is 11.8 Å². The van der Waals surface area contributed by atoms with Gasteiger partial charge in [0.25, 0.3) is 0 Å². The lowest BCUT2D eigenvalue weighted by Crippen LogP contribution is -2.39. The highest BCUT2D eigenvalue weighted by atomic mass is 32.2. The highest BCUT2D eigenvalue weighted by Gasteiger charge is 2.41. The highest BCUT2D eigenvalue weighted by molar-refractivity contribution is 8.16. The largest absolute Gasteiger partial charge is 0.497 e. The number of hydrogen-bond acceptors (Lipinski definition) is 7. The maximum atomic E-state index is 13.1. The quantitative estimate of drug-likeness (QED) is 0.578. The zero-order valence-corrected chi connectivity index (χ0v) is 20.3. The number of amidine groups is 1. The third-order valence-electron chi connectivity index (χ3n) is 5.36. The van der Waals surface area contributed by atoms with Crippen LogP contribution in [-0.2, 0) is 14.3 Å². The Bertz CT molecular complexity index is 966. The molecule has 2 aliphatic heterocycles. The second kappa shape index (κ2) is 10.3. The van der Waals surface area contributed by atoms with Crippen molar-refractivity contribution in [2.24, 2.45) is 4.99 Å². The zero-order chi connectivity index (χ0) is 23.4. The Morgan fingerprint density at radius 1 is 1.22 bits per heavy atom. The average Bonchev–Trinajstić information content (AvgIpc) is 3.13. The highest BCUT2D eigenvalue weighted by Crippen LogP contribution is 2.45. The lowest BCUT2D eigenvalue weighted by Gasteiger charge is -2.36. The molecule has 32 heavy (non-hydrogen) atoms. The molecular formula is C24H31N3O4S. The number of ether oxygens (including phenoxy) is 2. The molecule has 2 unspecified atom stereocenters. The van der Waals surface area contributed by atoms with Gasteiger partial charge in [-0.15, -0.1) is 0 Å². The summed E-state index contributed by atoms with van der Waals surface area (Å²) < 4.78 is 10.9. The number of benzene rings is 1. The summed E-state index contributed by atoms with van der Waals surface area (Å²) in [6.45, 7) is 9.49. The number of hydrogen-bond donors (Lipinski definition) is 1. The number of nitrogens with zero attached hydrogens (tertiary/aromatic N) is 2. The molecule has 0 saturated heterocycles. The van der Waals surface area contributed by atoms with Crippen molar-refractivity contribution in [2.75, 3.05) is 7.11 Å². The van der Waals surface area contributed by atoms with Crippen LogP contribution in [0.25, 0.3) is 0 Å². The van der Waals surface area contributed by atoms with E-state index in [1.54, 1.807) is 7.11 Å². The molecule has 3 rings (SSSR count). The fraction of sp³-hybridized carbons (Fsp3) is 0.458. The Labute approximate surface area is 193 Å². The van der Waals surface area contributed by atoms with Gasteiger partial charge in [0.2, 0.25) is 5.91 Å². The van der Waals surface area contributed by atoms with E-state index in [1.807, 2.05) is 69.2 Å². The Morgan fingerprint density at radius 2 is 1.91 bits per heavy atom. The summed E-state index contributed by atoms with van der Waals surface area (Å²) in [6, 6.07) is 7.25. The SMILES string of the molecule is CCC(C)NC(=O)CC1=CSC2=NC(C)=C(C(=O)OC(C)C)C(c3ccc(OC)cc3)N12. The van der Waals surface area contributed by atoms with Gasteiger partial charge in [0.1, 0.15) is 5.75 Å². The minimum atomic E-state index is -0.447. The number of thioether (sulfide) groups is 1. The summed E-state index contributed by atoms with van der Waals surface area (Å²) in [5.41, 5.74) is 2.79. The monoisotopic (exact) mass is 457 g/mol. The molecule has 1 N–H and O–H groups in total. The number of esters is 1. The van der Waals surface area contributed by atoms with Crippen molar-refractivity contribution in [1.82, 2.24) is 10.2 Å². The van der Waals surface area contributed by atoms with Crippen LogP contribution in [0.5, 0.6) is 5.75 Å². The first-order valence-corrected chi connectivity index (χ1v) is 11.7. The molecule has 0 radical (unpaired) electrons. The van der Waals surface area contributed by atoms with Gasteiger partial charge in [0.05, 0.1) is 36.9 Å². The van der Waals surface area contributed by atoms with E-state index in [9.17, 15) is 9.59 Å². The molecule has 2 atom stereocenters. The van der Waals surface area contributed by atoms with Crippen molar-refractivity contribution in [1.29, 1.82) is 0 Å². The van der Waals surface area contributed by atoms with Crippen molar-refractivity contribution < 1.29 is 19.1 Å². The van der Waals surface area contributed by atoms with Crippen LogP contribution in [0.3, 0.4) is 0 Å². The molecular weight excluding hydrogens is 426 g/mol. The second-order valence-corrected chi connectivity index (χ2v) is 9.01. The molecule has 0 bridgehead atoms. The van der Waals surface area contributed by atoms with Crippen LogP contribution in [-0.4, -0.2) is 41.2 Å². The number of allylic oxidation sites excluding steroid dienone is 1. The standard InChI is InChI=1S/C24H31N3O4S/c1-7-15(4)25-20(28)12-18-13-32-24-26-16(5)21(23(29)31-14(2)3)22(27(18)24)17-8-10-19(30-6)11-9-17/h8-11,13-15,22H,7,12H2,1-6H3,(H,25,28). The van der Waals surface area contributed by atoms with Gasteiger partial charge < -0.3 is 19.7 Å². The molecule has 2 aliphatic rings. The van der Waals surface area contributed by atoms with Gasteiger partial charge in [0, 0.05) is 11.7 Å². The van der Waals surface area contributed by atoms with Gasteiger partial charge in [-0.25, -0.2) is 9.79 Å². The zero-order valence-electron chi connectivity index (χ0n) is 19.5. The van der Waals surface area contributed by atoms with E-state index in [0.29, 0.717) is 11.3 Å². The van der Waals surface area contributed by atoms with Crippen molar-refractivity contribution in [2.45, 2.75) is 65.6 Å². The number of carbonyl (C=O) groups is 2. The van der Waals surface area contributed by atoms with Crippen LogP contribution in [0.2, 0.25) is 0 Å². The minimum Gasteiger partial charge on any atom is -0.497 e. The van der Waals surface area contributed by atoms with Crippen LogP contribution in [0.4, 0.5) is 0 Å². The average molecular weight is 458 g/mol. The van der Waals surface area contributed by atoms with Crippen molar-refractivity contribution in [3.8, 4) is 5.75 Å². The number of fused-ring (bicyclic) bond motifs is 1. The predicted octanol–water partition coefficient (Wildman–Crippen LogP) is 4.53. The lowest BCUT2D eigenvalue weighted by molar-refractivity contribution is -0.143. The third-order valence-corrected chi connectivity index (χ3v) is 6.25. The smallest absolute Gasteiger partial charge is 0.338 e. The van der Waals surface area contributed by atoms with Crippen LogP contribution in [0.15, 0.2) is 51.6 Å². The van der Waals surface area contributed by atoms with Gasteiger partial charge in [-0.3, -0.25) is 4.79 Å². The fourth-order valence-corrected chi connectivity index (χ4v) is 4.57. The van der Waals surface area contributed by atoms with Crippen molar-refractivity contribution in [3.05, 3.63) is 52.2 Å². The number of aliphatic imine (C=N–C) groups is 1. The topological polar surface area (TPSA) is 80.2 Å². The molecule has 0 aliphatic carbocycles. The second-order valence-electron chi connectivity index (χ2n) is 8.17. The third kappa shape index (κ3) is 5.18. The summed E-state index contributed by atoms with van der Waals surface area (Å²) in [7, 11) is 1.61. The molecule has 1 aromatic rings. The summed E-state index contributed by atoms with van der Waals surface area (Å²) >= 11 is 1.46. The van der Waals surface area contributed by atoms with E-state index >= 15 is 0 Å². The number of methoxy groups -OCH3 is 1. The number of nitrogens with one attached hydrogen (secondary N) is 1. The Kier molecular flexibility index (Phi) is 7.66. The molecule has 7 nitrogen and oxygen atoms in total. The number of carbonyl (C=O) groups excluding carboxylic acids is 2. The van der Waals surface area contributed by atoms with Crippen LogP contribution in [0, 0.1) is 0 Å². The molecule has 1 amide bonds. The van der Waals surface area contributed by atoms with Crippen molar-refractivity contribution >= 4 is 28.8 Å². The lowest BCUT2D eigenvalue weighted by atomic mass is 9.93. The molecule has 0 fully saturated rings. The van der Waals surface area contributed by atoms with Gasteiger partial charge in [-0.2, -0.15) is 0 Å². The first-order valence-electron chi connectivity index (χ1n) is 10.8. The first-order chi connectivity index (χ1) is 15.2. The molecule has 8 heteroatoms. The number of amides is 1. The maximum absolute atomic E-state index is 13.1. The molecule has 0 saturated carbocycles. The van der Waals surface area contributed by atoms with Crippen molar-refractivity contribution in [3.63, 3.8) is 0 Å². The summed E-state index contributed by atoms with van der Waals surface area (Å²) in [4.78, 5) is 32.4. The van der Waals surface area contributed by atoms with Gasteiger partial charge in [0.15, 0.2) is 5.17 Å². The van der Waals surface area contributed by atoms with Crippen LogP contribution < -0.4 is 10.1 Å². The molecule has 1 aromatic carbocycles. The molecule has 172 valence electrons. The Balaban J connectivity index is 2.00. The van der Waals surface area contributed by atoms with E-state index in [2.05, 4.69) is 10.3 Å². The predicted molar refractivity (Wildman–Crippen MR) is 127 cm³/mol. The summed E-state index contributed by atoms with van der Waals surface area (Å²) in [5.74, 6) is 0.268. The molecule has 0 aromatic heterocycles. The normalized spacial score (nSPS) is 18.7. The summed E-state index contributed by atoms with van der Waals surface area (Å²) in [5, 5.41) is 5.70.